The van der Waals surface area contributed by atoms with Crippen molar-refractivity contribution in [3.63, 3.8) is 0 Å². The molecule has 1 saturated heterocycles. The lowest BCUT2D eigenvalue weighted by Crippen LogP contribution is -2.37. The van der Waals surface area contributed by atoms with E-state index in [4.69, 9.17) is 4.74 Å². The number of likely N-dealkylation sites (tertiary alicyclic amines) is 1. The van der Waals surface area contributed by atoms with Crippen molar-refractivity contribution < 1.29 is 9.53 Å². The quantitative estimate of drug-likeness (QED) is 0.764. The molecule has 5 heteroatoms. The summed E-state index contributed by atoms with van der Waals surface area (Å²) >= 11 is 3.46. The summed E-state index contributed by atoms with van der Waals surface area (Å²) < 4.78 is 6.83. The van der Waals surface area contributed by atoms with E-state index in [1.54, 1.807) is 6.20 Å². The predicted octanol–water partition coefficient (Wildman–Crippen LogP) is 4.29. The molecule has 2 fully saturated rings. The van der Waals surface area contributed by atoms with E-state index in [0.717, 1.165) is 42.1 Å². The lowest BCUT2D eigenvalue weighted by atomic mass is 9.76. The van der Waals surface area contributed by atoms with Gasteiger partial charge < -0.3 is 9.64 Å². The van der Waals surface area contributed by atoms with Crippen LogP contribution in [-0.4, -0.2) is 35.0 Å². The highest BCUT2D eigenvalue weighted by Gasteiger charge is 2.34. The monoisotopic (exact) mass is 394 g/mol. The van der Waals surface area contributed by atoms with Crippen LogP contribution in [0.5, 0.6) is 5.88 Å². The number of ether oxygens (including phenoxy) is 1. The van der Waals surface area contributed by atoms with E-state index in [9.17, 15) is 4.79 Å². The first-order valence-corrected chi connectivity index (χ1v) is 9.90. The predicted molar refractivity (Wildman–Crippen MR) is 97.8 cm³/mol. The average molecular weight is 395 g/mol. The lowest BCUT2D eigenvalue weighted by molar-refractivity contribution is -0.136. The summed E-state index contributed by atoms with van der Waals surface area (Å²) in [5, 5.41) is 0. The van der Waals surface area contributed by atoms with E-state index in [0.29, 0.717) is 18.3 Å². The molecule has 0 N–H and O–H groups in total. The van der Waals surface area contributed by atoms with Gasteiger partial charge in [0, 0.05) is 25.1 Å². The van der Waals surface area contributed by atoms with Gasteiger partial charge in [0.25, 0.3) is 0 Å². The van der Waals surface area contributed by atoms with Gasteiger partial charge in [-0.1, -0.05) is 13.8 Å². The molecule has 1 aromatic rings. The summed E-state index contributed by atoms with van der Waals surface area (Å²) in [5.74, 6) is 2.71. The number of amides is 1. The summed E-state index contributed by atoms with van der Waals surface area (Å²) in [5.41, 5.74) is 0. The molecule has 0 radical (unpaired) electrons. The summed E-state index contributed by atoms with van der Waals surface area (Å²) in [6.45, 7) is 6.08. The minimum absolute atomic E-state index is 0.0483. The smallest absolute Gasteiger partial charge is 0.228 e. The molecule has 1 aromatic heterocycles. The lowest BCUT2D eigenvalue weighted by Gasteiger charge is -2.32. The molecule has 1 aliphatic carbocycles. The largest absolute Gasteiger partial charge is 0.472 e. The molecule has 1 atom stereocenters. The van der Waals surface area contributed by atoms with Gasteiger partial charge in [-0.2, -0.15) is 0 Å². The first-order chi connectivity index (χ1) is 11.5. The van der Waals surface area contributed by atoms with E-state index in [1.807, 2.05) is 17.0 Å². The average Bonchev–Trinajstić information content (AvgIpc) is 3.05. The number of rotatable bonds is 4. The van der Waals surface area contributed by atoms with Crippen LogP contribution in [0.4, 0.5) is 0 Å². The first kappa shape index (κ1) is 17.7. The molecule has 132 valence electrons. The molecule has 2 aliphatic rings. The zero-order valence-corrected chi connectivity index (χ0v) is 16.2. The molecule has 0 aromatic carbocycles. The summed E-state index contributed by atoms with van der Waals surface area (Å²) in [4.78, 5) is 19.0. The highest BCUT2D eigenvalue weighted by atomic mass is 79.9. The Hall–Kier alpha value is -1.10. The van der Waals surface area contributed by atoms with E-state index < -0.39 is 0 Å². The minimum atomic E-state index is 0.0483. The molecular weight excluding hydrogens is 368 g/mol. The molecular formula is C19H27BrN2O2. The second-order valence-corrected chi connectivity index (χ2v) is 8.31. The van der Waals surface area contributed by atoms with Crippen LogP contribution in [0.25, 0.3) is 0 Å². The van der Waals surface area contributed by atoms with Crippen molar-refractivity contribution in [1.29, 1.82) is 0 Å². The number of pyridine rings is 1. The zero-order chi connectivity index (χ0) is 17.1. The standard InChI is InChI=1S/C19H27BrN2O2/c1-13(2)14-5-7-15(8-6-14)19(23)22-11-9-16(12-22)24-18-17(20)4-3-10-21-18/h3-4,10,13-16H,5-9,11-12H2,1-2H3. The molecule has 1 amide bonds. The maximum absolute atomic E-state index is 12.8. The Bertz CT molecular complexity index is 570. The molecule has 2 heterocycles. The summed E-state index contributed by atoms with van der Waals surface area (Å²) in [7, 11) is 0. The van der Waals surface area contributed by atoms with Crippen LogP contribution < -0.4 is 4.74 Å². The van der Waals surface area contributed by atoms with Gasteiger partial charge >= 0.3 is 0 Å². The number of carbonyl (C=O) groups is 1. The molecule has 1 saturated carbocycles. The Kier molecular flexibility index (Phi) is 5.80. The number of hydrogen-bond donors (Lipinski definition) is 0. The fraction of sp³-hybridized carbons (Fsp3) is 0.684. The Labute approximate surface area is 153 Å². The van der Waals surface area contributed by atoms with Gasteiger partial charge in [-0.15, -0.1) is 0 Å². The van der Waals surface area contributed by atoms with Crippen LogP contribution in [0.2, 0.25) is 0 Å². The summed E-state index contributed by atoms with van der Waals surface area (Å²) in [6, 6.07) is 3.79. The minimum Gasteiger partial charge on any atom is -0.472 e. The normalized spacial score (nSPS) is 27.5. The van der Waals surface area contributed by atoms with E-state index in [1.165, 1.54) is 12.8 Å². The van der Waals surface area contributed by atoms with Crippen molar-refractivity contribution >= 4 is 21.8 Å². The third-order valence-electron chi connectivity index (χ3n) is 5.52. The third-order valence-corrected chi connectivity index (χ3v) is 6.13. The molecule has 1 aliphatic heterocycles. The van der Waals surface area contributed by atoms with Crippen molar-refractivity contribution in [3.8, 4) is 5.88 Å². The van der Waals surface area contributed by atoms with Crippen LogP contribution in [0.1, 0.15) is 46.0 Å². The first-order valence-electron chi connectivity index (χ1n) is 9.10. The van der Waals surface area contributed by atoms with Crippen LogP contribution in [0.3, 0.4) is 0 Å². The third kappa shape index (κ3) is 4.11. The molecule has 0 spiro atoms. The van der Waals surface area contributed by atoms with Gasteiger partial charge in [0.1, 0.15) is 6.10 Å². The van der Waals surface area contributed by atoms with Gasteiger partial charge in [0.05, 0.1) is 11.0 Å². The second kappa shape index (κ2) is 7.85. The van der Waals surface area contributed by atoms with Gasteiger partial charge in [0.2, 0.25) is 11.8 Å². The second-order valence-electron chi connectivity index (χ2n) is 7.46. The molecule has 0 bridgehead atoms. The van der Waals surface area contributed by atoms with Gasteiger partial charge in [-0.3, -0.25) is 4.79 Å². The Balaban J connectivity index is 1.50. The number of nitrogens with zero attached hydrogens (tertiary/aromatic N) is 2. The molecule has 3 rings (SSSR count). The summed E-state index contributed by atoms with van der Waals surface area (Å²) in [6.07, 6.45) is 7.16. The van der Waals surface area contributed by atoms with Gasteiger partial charge in [0.15, 0.2) is 0 Å². The number of aromatic nitrogens is 1. The maximum Gasteiger partial charge on any atom is 0.228 e. The molecule has 24 heavy (non-hydrogen) atoms. The van der Waals surface area contributed by atoms with Crippen molar-refractivity contribution in [2.75, 3.05) is 13.1 Å². The van der Waals surface area contributed by atoms with Crippen LogP contribution >= 0.6 is 15.9 Å². The topological polar surface area (TPSA) is 42.4 Å². The Morgan fingerprint density at radius 2 is 2.04 bits per heavy atom. The highest BCUT2D eigenvalue weighted by Crippen LogP contribution is 2.35. The SMILES string of the molecule is CC(C)C1CCC(C(=O)N2CCC(Oc3ncccc3Br)C2)CC1. The number of hydrogen-bond acceptors (Lipinski definition) is 3. The molecule has 4 nitrogen and oxygen atoms in total. The van der Waals surface area contributed by atoms with Crippen molar-refractivity contribution in [3.05, 3.63) is 22.8 Å². The van der Waals surface area contributed by atoms with E-state index >= 15 is 0 Å². The number of carbonyl (C=O) groups excluding carboxylic acids is 1. The molecule has 1 unspecified atom stereocenters. The van der Waals surface area contributed by atoms with Crippen molar-refractivity contribution in [2.45, 2.75) is 52.1 Å². The van der Waals surface area contributed by atoms with Crippen LogP contribution in [0.15, 0.2) is 22.8 Å². The van der Waals surface area contributed by atoms with Gasteiger partial charge in [-0.05, 0) is 65.6 Å². The maximum atomic E-state index is 12.8. The van der Waals surface area contributed by atoms with Crippen LogP contribution in [-0.2, 0) is 4.79 Å². The zero-order valence-electron chi connectivity index (χ0n) is 14.6. The number of halogens is 1. The Morgan fingerprint density at radius 1 is 1.29 bits per heavy atom. The van der Waals surface area contributed by atoms with E-state index in [-0.39, 0.29) is 12.0 Å². The fourth-order valence-electron chi connectivity index (χ4n) is 3.93. The van der Waals surface area contributed by atoms with Crippen molar-refractivity contribution in [1.82, 2.24) is 9.88 Å². The fourth-order valence-corrected chi connectivity index (χ4v) is 4.28. The van der Waals surface area contributed by atoms with E-state index in [2.05, 4.69) is 34.8 Å². The van der Waals surface area contributed by atoms with Crippen LogP contribution in [0, 0.1) is 17.8 Å². The van der Waals surface area contributed by atoms with Gasteiger partial charge in [-0.25, -0.2) is 4.98 Å². The Morgan fingerprint density at radius 3 is 2.71 bits per heavy atom. The highest BCUT2D eigenvalue weighted by molar-refractivity contribution is 9.10. The van der Waals surface area contributed by atoms with Crippen molar-refractivity contribution in [2.24, 2.45) is 17.8 Å².